The molecule has 0 bridgehead atoms. The number of hydrogen-bond donors (Lipinski definition) is 1. The molecule has 8 heteroatoms. The van der Waals surface area contributed by atoms with Crippen LogP contribution in [0.2, 0.25) is 0 Å². The number of anilines is 1. The lowest BCUT2D eigenvalue weighted by molar-refractivity contribution is 0.430. The van der Waals surface area contributed by atoms with E-state index in [0.29, 0.717) is 15.7 Å². The summed E-state index contributed by atoms with van der Waals surface area (Å²) in [7, 11) is -3.91. The molecule has 0 atom stereocenters. The molecule has 2 aromatic heterocycles. The van der Waals surface area contributed by atoms with Gasteiger partial charge in [-0.05, 0) is 53.9 Å². The maximum absolute atomic E-state index is 13.3. The quantitative estimate of drug-likeness (QED) is 0.290. The minimum atomic E-state index is -3.91. The minimum Gasteiger partial charge on any atom is -0.336 e. The van der Waals surface area contributed by atoms with Crippen molar-refractivity contribution in [3.8, 4) is 10.4 Å². The molecule has 4 aromatic rings. The second kappa shape index (κ2) is 9.05. The number of nitrogens with zero attached hydrogens (tertiary/aromatic N) is 1. The summed E-state index contributed by atoms with van der Waals surface area (Å²) in [6.07, 6.45) is 3.74. The molecule has 4 rings (SSSR count). The van der Waals surface area contributed by atoms with E-state index in [1.807, 2.05) is 80.6 Å². The molecule has 32 heavy (non-hydrogen) atoms. The van der Waals surface area contributed by atoms with Gasteiger partial charge in [-0.1, -0.05) is 77.0 Å². The van der Waals surface area contributed by atoms with Crippen molar-refractivity contribution in [2.45, 2.75) is 25.0 Å². The average molecular weight is 529 g/mol. The third kappa shape index (κ3) is 4.87. The van der Waals surface area contributed by atoms with E-state index >= 15 is 0 Å². The highest BCUT2D eigenvalue weighted by molar-refractivity contribution is 9.10. The monoisotopic (exact) mass is 528 g/mol. The lowest BCUT2D eigenvalue weighted by Crippen LogP contribution is -2.12. The zero-order valence-corrected chi connectivity index (χ0v) is 20.9. The van der Waals surface area contributed by atoms with Crippen LogP contribution in [-0.4, -0.2) is 13.6 Å². The Hall–Kier alpha value is -2.68. The fourth-order valence-corrected chi connectivity index (χ4v) is 6.03. The number of aryl methyl sites for hydroxylation is 3. The molecule has 0 aliphatic rings. The van der Waals surface area contributed by atoms with Crippen molar-refractivity contribution in [3.63, 3.8) is 0 Å². The molecule has 2 aromatic carbocycles. The van der Waals surface area contributed by atoms with Gasteiger partial charge in [0.1, 0.15) is 8.68 Å². The maximum Gasteiger partial charge on any atom is 0.274 e. The van der Waals surface area contributed by atoms with Gasteiger partial charge >= 0.3 is 0 Å². The lowest BCUT2D eigenvalue weighted by atomic mass is 10.1. The van der Waals surface area contributed by atoms with E-state index in [2.05, 4.69) is 25.8 Å². The summed E-state index contributed by atoms with van der Waals surface area (Å²) < 4.78 is 34.9. The number of sulfonamides is 1. The maximum atomic E-state index is 13.3. The molecule has 0 unspecified atom stereocenters. The number of rotatable bonds is 6. The highest BCUT2D eigenvalue weighted by atomic mass is 79.9. The van der Waals surface area contributed by atoms with E-state index in [4.69, 9.17) is 4.52 Å². The summed E-state index contributed by atoms with van der Waals surface area (Å²) >= 11 is 4.53. The van der Waals surface area contributed by atoms with Gasteiger partial charge in [-0.3, -0.25) is 0 Å². The largest absolute Gasteiger partial charge is 0.336 e. The Labute approximate surface area is 200 Å². The first-order valence-electron chi connectivity index (χ1n) is 9.83. The highest BCUT2D eigenvalue weighted by Crippen LogP contribution is 2.37. The Morgan fingerprint density at radius 2 is 1.59 bits per heavy atom. The normalized spacial score (nSPS) is 11.9. The van der Waals surface area contributed by atoms with Crippen LogP contribution in [0.25, 0.3) is 22.6 Å². The highest BCUT2D eigenvalue weighted by Gasteiger charge is 2.25. The Bertz CT molecular complexity index is 1380. The van der Waals surface area contributed by atoms with E-state index < -0.39 is 10.0 Å². The van der Waals surface area contributed by atoms with E-state index in [1.54, 1.807) is 6.92 Å². The van der Waals surface area contributed by atoms with Crippen molar-refractivity contribution in [3.05, 3.63) is 87.0 Å². The van der Waals surface area contributed by atoms with E-state index in [9.17, 15) is 8.42 Å². The SMILES string of the molecule is Cc1ccc(C=Cc2cc(-c3ccc(C)cc3)sc2S(=O)(=O)Nc2onc(C)c2Br)cc1. The van der Waals surface area contributed by atoms with Crippen LogP contribution in [0.15, 0.2) is 67.8 Å². The molecule has 0 saturated carbocycles. The zero-order chi connectivity index (χ0) is 22.9. The summed E-state index contributed by atoms with van der Waals surface area (Å²) in [6.45, 7) is 5.77. The van der Waals surface area contributed by atoms with Crippen molar-refractivity contribution in [1.29, 1.82) is 0 Å². The predicted octanol–water partition coefficient (Wildman–Crippen LogP) is 7.06. The smallest absolute Gasteiger partial charge is 0.274 e. The van der Waals surface area contributed by atoms with Gasteiger partial charge in [-0.15, -0.1) is 11.3 Å². The van der Waals surface area contributed by atoms with Crippen molar-refractivity contribution < 1.29 is 12.9 Å². The van der Waals surface area contributed by atoms with Gasteiger partial charge < -0.3 is 4.52 Å². The second-order valence-electron chi connectivity index (χ2n) is 7.48. The third-order valence-corrected chi connectivity index (χ3v) is 8.87. The summed E-state index contributed by atoms with van der Waals surface area (Å²) in [6, 6.07) is 18.0. The van der Waals surface area contributed by atoms with Crippen molar-refractivity contribution >= 4 is 55.3 Å². The molecular formula is C24H21BrN2O3S2. The van der Waals surface area contributed by atoms with Crippen LogP contribution in [0.4, 0.5) is 5.88 Å². The Morgan fingerprint density at radius 1 is 0.969 bits per heavy atom. The van der Waals surface area contributed by atoms with Gasteiger partial charge in [-0.25, -0.2) is 13.1 Å². The Balaban J connectivity index is 1.77. The number of thiophene rings is 1. The topological polar surface area (TPSA) is 72.2 Å². The Kier molecular flexibility index (Phi) is 6.37. The molecule has 0 amide bonds. The summed E-state index contributed by atoms with van der Waals surface area (Å²) in [5, 5.41) is 3.80. The molecule has 0 radical (unpaired) electrons. The van der Waals surface area contributed by atoms with Gasteiger partial charge in [0, 0.05) is 10.4 Å². The fourth-order valence-electron chi connectivity index (χ4n) is 3.03. The van der Waals surface area contributed by atoms with Crippen LogP contribution in [0.5, 0.6) is 0 Å². The first-order chi connectivity index (χ1) is 15.2. The molecule has 0 aliphatic carbocycles. The molecule has 0 saturated heterocycles. The van der Waals surface area contributed by atoms with E-state index in [0.717, 1.165) is 21.6 Å². The summed E-state index contributed by atoms with van der Waals surface area (Å²) in [5.41, 5.74) is 5.43. The summed E-state index contributed by atoms with van der Waals surface area (Å²) in [5.74, 6) is 0.0567. The van der Waals surface area contributed by atoms with Crippen molar-refractivity contribution in [2.24, 2.45) is 0 Å². The lowest BCUT2D eigenvalue weighted by Gasteiger charge is -2.04. The van der Waals surface area contributed by atoms with Crippen LogP contribution in [0.3, 0.4) is 0 Å². The van der Waals surface area contributed by atoms with Crippen LogP contribution >= 0.6 is 27.3 Å². The van der Waals surface area contributed by atoms with Crippen LogP contribution in [0, 0.1) is 20.8 Å². The molecule has 1 N–H and O–H groups in total. The van der Waals surface area contributed by atoms with Gasteiger partial charge in [0.15, 0.2) is 0 Å². The molecule has 164 valence electrons. The van der Waals surface area contributed by atoms with Gasteiger partial charge in [0.25, 0.3) is 15.9 Å². The molecular weight excluding hydrogens is 508 g/mol. The molecule has 0 aliphatic heterocycles. The zero-order valence-electron chi connectivity index (χ0n) is 17.7. The molecule has 0 fully saturated rings. The number of benzene rings is 2. The number of halogens is 1. The van der Waals surface area contributed by atoms with Crippen LogP contribution in [0.1, 0.15) is 27.9 Å². The van der Waals surface area contributed by atoms with Gasteiger partial charge in [0.05, 0.1) is 5.69 Å². The number of nitrogens with one attached hydrogen (secondary N) is 1. The molecule has 2 heterocycles. The van der Waals surface area contributed by atoms with Crippen LogP contribution < -0.4 is 4.72 Å². The first-order valence-corrected chi connectivity index (χ1v) is 12.9. The number of aromatic nitrogens is 1. The first kappa shape index (κ1) is 22.5. The van der Waals surface area contributed by atoms with Crippen molar-refractivity contribution in [1.82, 2.24) is 5.16 Å². The molecule has 0 spiro atoms. The standard InChI is InChI=1S/C24H21BrN2O3S2/c1-15-4-8-18(9-5-15)10-13-20-14-21(19-11-6-16(2)7-12-19)31-24(20)32(28,29)27-23-22(25)17(3)26-30-23/h4-14,27H,1-3H3. The van der Waals surface area contributed by atoms with E-state index in [1.165, 1.54) is 16.9 Å². The second-order valence-corrected chi connectivity index (χ2v) is 11.2. The van der Waals surface area contributed by atoms with Gasteiger partial charge in [-0.2, -0.15) is 0 Å². The Morgan fingerprint density at radius 3 is 2.19 bits per heavy atom. The van der Waals surface area contributed by atoms with Gasteiger partial charge in [0.2, 0.25) is 0 Å². The fraction of sp³-hybridized carbons (Fsp3) is 0.125. The number of hydrogen-bond acceptors (Lipinski definition) is 5. The third-order valence-electron chi connectivity index (χ3n) is 4.86. The van der Waals surface area contributed by atoms with E-state index in [-0.39, 0.29) is 10.1 Å². The average Bonchev–Trinajstić information content (AvgIpc) is 3.33. The molecule has 5 nitrogen and oxygen atoms in total. The summed E-state index contributed by atoms with van der Waals surface area (Å²) in [4.78, 5) is 0.863. The minimum absolute atomic E-state index is 0.0567. The van der Waals surface area contributed by atoms with Crippen LogP contribution in [-0.2, 0) is 10.0 Å². The van der Waals surface area contributed by atoms with Crippen molar-refractivity contribution in [2.75, 3.05) is 4.72 Å². The predicted molar refractivity (Wildman–Crippen MR) is 134 cm³/mol.